The van der Waals surface area contributed by atoms with Crippen LogP contribution in [0.25, 0.3) is 0 Å². The van der Waals surface area contributed by atoms with Crippen LogP contribution >= 0.6 is 11.6 Å². The fourth-order valence-electron chi connectivity index (χ4n) is 3.04. The van der Waals surface area contributed by atoms with Crippen LogP contribution in [0.1, 0.15) is 6.42 Å². The lowest BCUT2D eigenvalue weighted by Gasteiger charge is -2.31. The summed E-state index contributed by atoms with van der Waals surface area (Å²) in [5.74, 6) is -4.13. The number of anilines is 2. The van der Waals surface area contributed by atoms with Crippen molar-refractivity contribution in [1.29, 1.82) is 0 Å². The van der Waals surface area contributed by atoms with Gasteiger partial charge in [-0.1, -0.05) is 17.7 Å². The molecule has 3 rings (SSSR count). The molecule has 1 unspecified atom stereocenters. The first-order valence-corrected chi connectivity index (χ1v) is 11.9. The highest BCUT2D eigenvalue weighted by Crippen LogP contribution is 2.36. The Morgan fingerprint density at radius 3 is 2.22 bits per heavy atom. The number of nitrogens with one attached hydrogen (secondary N) is 1. The first-order chi connectivity index (χ1) is 16.9. The number of ether oxygens (including phenoxy) is 1. The van der Waals surface area contributed by atoms with E-state index in [1.54, 1.807) is 4.90 Å². The zero-order chi connectivity index (χ0) is 28.3. The van der Waals surface area contributed by atoms with E-state index in [2.05, 4.69) is 4.98 Å². The molecule has 0 amide bonds. The van der Waals surface area contributed by atoms with Gasteiger partial charge in [0, 0.05) is 33.3 Å². The molecule has 0 radical (unpaired) electrons. The van der Waals surface area contributed by atoms with Crippen molar-refractivity contribution in [3.8, 4) is 0 Å². The van der Waals surface area contributed by atoms with E-state index >= 15 is 0 Å². The highest BCUT2D eigenvalue weighted by atomic mass is 35.5. The van der Waals surface area contributed by atoms with Crippen molar-refractivity contribution < 1.29 is 57.0 Å². The van der Waals surface area contributed by atoms with Crippen molar-refractivity contribution in [3.63, 3.8) is 0 Å². The van der Waals surface area contributed by atoms with E-state index in [0.29, 0.717) is 26.6 Å². The molecule has 0 aliphatic carbocycles. The normalized spacial score (nSPS) is 16.6. The van der Waals surface area contributed by atoms with Gasteiger partial charge in [-0.3, -0.25) is 4.72 Å². The second-order valence-electron chi connectivity index (χ2n) is 7.64. The Labute approximate surface area is 213 Å². The van der Waals surface area contributed by atoms with Crippen LogP contribution < -0.4 is 9.62 Å². The van der Waals surface area contributed by atoms with Crippen LogP contribution in [0.3, 0.4) is 0 Å². The van der Waals surface area contributed by atoms with Crippen molar-refractivity contribution in [2.24, 2.45) is 0 Å². The number of methoxy groups -OCH3 is 1. The molecule has 2 heterocycles. The Bertz CT molecular complexity index is 1200. The third kappa shape index (κ3) is 7.84. The monoisotopic (exact) mass is 576 g/mol. The Kier molecular flexibility index (Phi) is 9.69. The Balaban J connectivity index is 0.000000410. The summed E-state index contributed by atoms with van der Waals surface area (Å²) in [5.41, 5.74) is 0.0362. The molecule has 2 aromatic rings. The van der Waals surface area contributed by atoms with Gasteiger partial charge in [-0.25, -0.2) is 22.2 Å². The lowest BCUT2D eigenvalue weighted by Crippen LogP contribution is -2.59. The van der Waals surface area contributed by atoms with E-state index in [1.165, 1.54) is 13.2 Å². The lowest BCUT2D eigenvalue weighted by molar-refractivity contribution is -0.503. The number of hydrogen-bond donors (Lipinski definition) is 7. The number of rotatable bonds is 7. The second-order valence-corrected chi connectivity index (χ2v) is 9.63. The third-order valence-corrected chi connectivity index (χ3v) is 6.79. The summed E-state index contributed by atoms with van der Waals surface area (Å²) < 4.78 is 74.2. The molecule has 0 bridgehead atoms. The lowest BCUT2D eigenvalue weighted by atomic mass is 10.2. The van der Waals surface area contributed by atoms with Crippen molar-refractivity contribution in [1.82, 2.24) is 9.88 Å². The topological polar surface area (TPSA) is 196 Å². The Hall–Kier alpha value is -2.32. The van der Waals surface area contributed by atoms with Gasteiger partial charge in [-0.15, -0.1) is 0 Å². The number of sulfonamides is 1. The second kappa shape index (κ2) is 11.6. The van der Waals surface area contributed by atoms with Crippen LogP contribution in [0.15, 0.2) is 29.2 Å². The summed E-state index contributed by atoms with van der Waals surface area (Å²) in [6.45, 7) is 0.821. The molecule has 1 aliphatic rings. The van der Waals surface area contributed by atoms with E-state index in [-0.39, 0.29) is 16.7 Å². The summed E-state index contributed by atoms with van der Waals surface area (Å²) in [6, 6.07) is 4.19. The maximum Gasteiger partial charge on any atom is 0.351 e. The van der Waals surface area contributed by atoms with Gasteiger partial charge in [0.25, 0.3) is 10.0 Å². The molecule has 1 aliphatic heterocycles. The molecule has 0 saturated carbocycles. The largest absolute Gasteiger partial charge is 0.380 e. The smallest absolute Gasteiger partial charge is 0.351 e. The van der Waals surface area contributed by atoms with Crippen LogP contribution in [0.2, 0.25) is 5.02 Å². The highest BCUT2D eigenvalue weighted by molar-refractivity contribution is 7.92. The van der Waals surface area contributed by atoms with Crippen molar-refractivity contribution in [2.75, 3.05) is 36.9 Å². The minimum atomic E-state index is -4.73. The van der Waals surface area contributed by atoms with Crippen LogP contribution in [-0.2, 0) is 14.8 Å². The van der Waals surface area contributed by atoms with Gasteiger partial charge in [-0.05, 0) is 18.6 Å². The molecular weight excluding hydrogens is 553 g/mol. The predicted molar refractivity (Wildman–Crippen MR) is 121 cm³/mol. The molecule has 18 heteroatoms. The molecular formula is C19H24ClF3N4O9S. The van der Waals surface area contributed by atoms with E-state index in [1.807, 2.05) is 4.72 Å². The Morgan fingerprint density at radius 1 is 1.16 bits per heavy atom. The molecule has 1 atom stereocenters. The quantitative estimate of drug-likeness (QED) is 0.124. The highest BCUT2D eigenvalue weighted by Gasteiger charge is 2.40. The molecule has 37 heavy (non-hydrogen) atoms. The molecule has 1 aromatic carbocycles. The van der Waals surface area contributed by atoms with Gasteiger partial charge >= 0.3 is 12.2 Å². The average molecular weight is 577 g/mol. The maximum atomic E-state index is 14.7. The van der Waals surface area contributed by atoms with Crippen molar-refractivity contribution in [2.45, 2.75) is 29.6 Å². The van der Waals surface area contributed by atoms with Crippen LogP contribution in [0.5, 0.6) is 0 Å². The van der Waals surface area contributed by atoms with Crippen LogP contribution in [-0.4, -0.2) is 94.5 Å². The minimum Gasteiger partial charge on any atom is -0.380 e. The molecule has 7 N–H and O–H groups in total. The Morgan fingerprint density at radius 2 is 1.76 bits per heavy atom. The van der Waals surface area contributed by atoms with Crippen LogP contribution in [0, 0.1) is 17.6 Å². The molecule has 0 spiro atoms. The molecule has 1 saturated heterocycles. The summed E-state index contributed by atoms with van der Waals surface area (Å²) >= 11 is 5.98. The number of halogens is 4. The molecule has 13 nitrogen and oxygen atoms in total. The van der Waals surface area contributed by atoms with Gasteiger partial charge < -0.3 is 40.3 Å². The molecule has 1 fully saturated rings. The number of nitrogens with zero attached hydrogens (tertiary/aromatic N) is 3. The van der Waals surface area contributed by atoms with E-state index in [4.69, 9.17) is 47.0 Å². The third-order valence-electron chi connectivity index (χ3n) is 5.04. The number of hydrogen-bond acceptors (Lipinski definition) is 12. The predicted octanol–water partition coefficient (Wildman–Crippen LogP) is -0.727. The summed E-state index contributed by atoms with van der Waals surface area (Å²) in [5, 5.41) is 48.5. The summed E-state index contributed by atoms with van der Waals surface area (Å²) in [4.78, 5) is 3.37. The number of benzene rings is 1. The minimum absolute atomic E-state index is 0.0362. The number of pyridine rings is 1. The van der Waals surface area contributed by atoms with Crippen LogP contribution in [0.4, 0.5) is 24.7 Å². The number of aliphatic hydroxyl groups is 6. The van der Waals surface area contributed by atoms with Gasteiger partial charge in [0.15, 0.2) is 10.7 Å². The first kappa shape index (κ1) is 30.9. The summed E-state index contributed by atoms with van der Waals surface area (Å²) in [7, 11) is -2.53. The van der Waals surface area contributed by atoms with Gasteiger partial charge in [0.1, 0.15) is 16.7 Å². The maximum absolute atomic E-state index is 14.7. The fourth-order valence-corrected chi connectivity index (χ4v) is 4.51. The van der Waals surface area contributed by atoms with Crippen molar-refractivity contribution in [3.05, 3.63) is 46.9 Å². The first-order valence-electron chi connectivity index (χ1n) is 10.1. The van der Waals surface area contributed by atoms with E-state index < -0.39 is 55.5 Å². The molecule has 1 aromatic heterocycles. The van der Waals surface area contributed by atoms with Gasteiger partial charge in [0.2, 0.25) is 5.95 Å². The molecule has 208 valence electrons. The standard InChI is InChI=1S/C16H15ClF3N3O3S.C3H9NO6/c1-26-9-5-6-23(8-9)11-7-10(18)16(15(20)14(11)17)27(24,25)22-13-4-2-3-12(19)21-13;1-4(2(5,6)7)3(8,9)10/h2-4,7,9H,5-6,8H2,1H3,(H,21,22);5-10H,1H3. The SMILES string of the molecule is CN(C(O)(O)O)C(O)(O)O.COC1CCN(c2cc(F)c(S(=O)(=O)Nc3cccc(F)n3)c(F)c2Cl)C1. The van der Waals surface area contributed by atoms with Crippen molar-refractivity contribution >= 4 is 33.1 Å². The van der Waals surface area contributed by atoms with E-state index in [0.717, 1.165) is 18.2 Å². The van der Waals surface area contributed by atoms with Gasteiger partial charge in [-0.2, -0.15) is 9.29 Å². The zero-order valence-corrected chi connectivity index (χ0v) is 20.8. The van der Waals surface area contributed by atoms with E-state index in [9.17, 15) is 21.6 Å². The fraction of sp³-hybridized carbons (Fsp3) is 0.421. The zero-order valence-electron chi connectivity index (χ0n) is 19.2. The van der Waals surface area contributed by atoms with Gasteiger partial charge in [0.05, 0.1) is 11.8 Å². The average Bonchev–Trinajstić information content (AvgIpc) is 3.23. The summed E-state index contributed by atoms with van der Waals surface area (Å²) in [6.07, 6.45) is -6.42. The number of aromatic nitrogens is 1.